The lowest BCUT2D eigenvalue weighted by Gasteiger charge is -2.42. The van der Waals surface area contributed by atoms with E-state index in [1.54, 1.807) is 39.8 Å². The largest absolute Gasteiger partial charge is 0.507 e. The number of aromatic hydroxyl groups is 2. The SMILES string of the molecule is C=CCOC(=O)C[C@H](NC(=O)[C@@H](CC(=O)[C@H](CCC(C)=O)NC(=O)[C@H](CC(C)=O)CC(=O)CNC(=O)[C@@H](C)CCCCC)C(C)C)C(=O)Cc1ccc(COC(=O)N[C@H]2C[C@H](O[C@H]3C[C@](O)(C(=O)CO)Cc4c(O)c5c(c(O)c43)C(=O)c3c(C)cccc3C5=O)O[C@@H](C)[C@H]2O)cc1. The molecule has 0 bridgehead atoms. The zero-order valence-corrected chi connectivity index (χ0v) is 56.1. The molecule has 2 aliphatic carbocycles. The van der Waals surface area contributed by atoms with Crippen LogP contribution < -0.4 is 21.3 Å². The molecule has 0 unspecified atom stereocenters. The smallest absolute Gasteiger partial charge is 0.407 e. The van der Waals surface area contributed by atoms with Crippen molar-refractivity contribution >= 4 is 76.1 Å². The number of ketones is 8. The number of esters is 1. The van der Waals surface area contributed by atoms with Crippen LogP contribution in [0.4, 0.5) is 4.79 Å². The zero-order chi connectivity index (χ0) is 71.7. The van der Waals surface area contributed by atoms with E-state index in [0.717, 1.165) is 19.3 Å². The number of phenolic OH excluding ortho intramolecular Hbond substituents is 2. The highest BCUT2D eigenvalue weighted by Crippen LogP contribution is 2.52. The van der Waals surface area contributed by atoms with Gasteiger partial charge in [-0.25, -0.2) is 4.79 Å². The molecule has 1 heterocycles. The number of benzene rings is 3. The Kier molecular flexibility index (Phi) is 27.9. The summed E-state index contributed by atoms with van der Waals surface area (Å²) in [6, 6.07) is 6.67. The molecule has 526 valence electrons. The molecule has 97 heavy (non-hydrogen) atoms. The van der Waals surface area contributed by atoms with E-state index in [4.69, 9.17) is 18.9 Å². The first-order valence-electron chi connectivity index (χ1n) is 32.7. The van der Waals surface area contributed by atoms with E-state index in [0.29, 0.717) is 23.1 Å². The minimum absolute atomic E-state index is 0.00163. The van der Waals surface area contributed by atoms with E-state index in [2.05, 4.69) is 27.8 Å². The Morgan fingerprint density at radius 3 is 2.09 bits per heavy atom. The van der Waals surface area contributed by atoms with Crippen LogP contribution in [0.2, 0.25) is 0 Å². The number of alkyl carbamates (subject to hydrolysis) is 1. The maximum atomic E-state index is 14.2. The monoisotopic (exact) mass is 1350 g/mol. The summed E-state index contributed by atoms with van der Waals surface area (Å²) in [5.41, 5.74) is -2.85. The summed E-state index contributed by atoms with van der Waals surface area (Å²) in [6.45, 7) is 14.1. The second kappa shape index (κ2) is 35.0. The lowest BCUT2D eigenvalue weighted by molar-refractivity contribution is -0.249. The number of fused-ring (bicyclic) bond motifs is 3. The topological polar surface area (TPSA) is 408 Å². The van der Waals surface area contributed by atoms with Crippen molar-refractivity contribution < 1.29 is 107 Å². The van der Waals surface area contributed by atoms with Crippen LogP contribution in [-0.4, -0.2) is 164 Å². The summed E-state index contributed by atoms with van der Waals surface area (Å²) in [7, 11) is 0. The van der Waals surface area contributed by atoms with E-state index in [1.165, 1.54) is 57.2 Å². The number of aryl methyl sites for hydroxylation is 1. The Bertz CT molecular complexity index is 3510. The van der Waals surface area contributed by atoms with Gasteiger partial charge in [-0.15, -0.1) is 0 Å². The third kappa shape index (κ3) is 20.2. The fourth-order valence-corrected chi connectivity index (χ4v) is 12.3. The lowest BCUT2D eigenvalue weighted by atomic mass is 9.71. The molecule has 0 saturated carbocycles. The molecule has 3 aromatic carbocycles. The predicted molar refractivity (Wildman–Crippen MR) is 346 cm³/mol. The fourth-order valence-electron chi connectivity index (χ4n) is 12.3. The summed E-state index contributed by atoms with van der Waals surface area (Å²) in [5, 5.41) is 66.8. The van der Waals surface area contributed by atoms with Gasteiger partial charge >= 0.3 is 12.1 Å². The molecule has 3 aromatic rings. The summed E-state index contributed by atoms with van der Waals surface area (Å²) in [4.78, 5) is 174. The minimum atomic E-state index is -2.43. The number of unbranched alkanes of at least 4 members (excludes halogenated alkanes) is 2. The Hall–Kier alpha value is -8.69. The number of carbonyl (C=O) groups excluding carboxylic acids is 13. The molecule has 0 radical (unpaired) electrons. The van der Waals surface area contributed by atoms with Gasteiger partial charge in [0.15, 0.2) is 41.0 Å². The molecule has 26 nitrogen and oxygen atoms in total. The standard InChI is InChI=1S/C71H90N4O22/c1-10-12-13-15-38(6)67(89)72-33-45(79)27-44(25-40(8)78)68(90)73-49(23-18-39(7)77)53(81)28-47(36(3)4)69(91)74-50(29-56(83)94-24-11-2)52(80)26-42-19-21-43(22-20-42)35-95-70(92)75-51-30-57(96-41(9)62(51)84)97-54-32-71(93,55(82)34-76)31-48-59(54)66(88)61-60(64(48)86)63(85)46-17-14-16-37(5)58(46)65(61)87/h11,14,16-17,19-22,36,38,41,44,47,49-51,54,57,62,76,84,86,88,93H,2,10,12-13,15,18,23-35H2,1,3-9H3,(H,72,89)(H,73,90)(H,74,91)(H,75,92)/t38-,41-,44+,47-,49-,50-,51-,54-,57-,62+,71-/m0/s1. The molecule has 26 heteroatoms. The summed E-state index contributed by atoms with van der Waals surface area (Å²) < 4.78 is 22.9. The van der Waals surface area contributed by atoms with E-state index in [9.17, 15) is 87.9 Å². The number of nitrogens with one attached hydrogen (secondary N) is 4. The van der Waals surface area contributed by atoms with Crippen molar-refractivity contribution in [2.24, 2.45) is 23.7 Å². The first-order chi connectivity index (χ1) is 45.8. The number of ether oxygens (including phenoxy) is 4. The van der Waals surface area contributed by atoms with E-state index in [-0.39, 0.29) is 91.7 Å². The van der Waals surface area contributed by atoms with Gasteiger partial charge in [-0.05, 0) is 63.1 Å². The van der Waals surface area contributed by atoms with Crippen LogP contribution in [0, 0.1) is 30.6 Å². The van der Waals surface area contributed by atoms with Crippen molar-refractivity contribution in [2.75, 3.05) is 19.8 Å². The van der Waals surface area contributed by atoms with Crippen LogP contribution in [0.25, 0.3) is 0 Å². The number of hydrogen-bond acceptors (Lipinski definition) is 22. The predicted octanol–water partition coefficient (Wildman–Crippen LogP) is 4.96. The van der Waals surface area contributed by atoms with Crippen LogP contribution in [0.5, 0.6) is 11.5 Å². The highest BCUT2D eigenvalue weighted by Gasteiger charge is 2.51. The Balaban J connectivity index is 1.09. The quantitative estimate of drug-likeness (QED) is 0.0126. The van der Waals surface area contributed by atoms with Crippen LogP contribution in [0.3, 0.4) is 0 Å². The number of amides is 4. The second-order valence-corrected chi connectivity index (χ2v) is 25.9. The molecule has 1 fully saturated rings. The van der Waals surface area contributed by atoms with Gasteiger partial charge in [0.1, 0.15) is 54.6 Å². The van der Waals surface area contributed by atoms with E-state index in [1.807, 2.05) is 6.92 Å². The number of phenols is 2. The zero-order valence-electron chi connectivity index (χ0n) is 56.1. The summed E-state index contributed by atoms with van der Waals surface area (Å²) in [6.07, 6.45) is -5.99. The van der Waals surface area contributed by atoms with Crippen LogP contribution in [0.1, 0.15) is 191 Å². The van der Waals surface area contributed by atoms with Gasteiger partial charge < -0.3 is 75.3 Å². The van der Waals surface area contributed by atoms with Crippen LogP contribution in [-0.2, 0) is 86.3 Å². The Morgan fingerprint density at radius 2 is 1.45 bits per heavy atom. The van der Waals surface area contributed by atoms with Crippen molar-refractivity contribution in [3.63, 3.8) is 0 Å². The first-order valence-corrected chi connectivity index (χ1v) is 32.7. The van der Waals surface area contributed by atoms with Gasteiger partial charge in [-0.1, -0.05) is 102 Å². The van der Waals surface area contributed by atoms with Gasteiger partial charge in [-0.2, -0.15) is 0 Å². The fraction of sp³-hybridized carbons (Fsp3) is 0.535. The van der Waals surface area contributed by atoms with Gasteiger partial charge in [0.2, 0.25) is 17.7 Å². The normalized spacial score (nSPS) is 20.2. The number of carbonyl (C=O) groups is 13. The molecular formula is C71H90N4O22. The summed E-state index contributed by atoms with van der Waals surface area (Å²) >= 11 is 0. The van der Waals surface area contributed by atoms with Crippen molar-refractivity contribution in [1.82, 2.24) is 21.3 Å². The molecule has 4 amide bonds. The van der Waals surface area contributed by atoms with Crippen molar-refractivity contribution in [3.8, 4) is 11.5 Å². The van der Waals surface area contributed by atoms with Gasteiger partial charge in [-0.3, -0.25) is 47.9 Å². The molecule has 0 aromatic heterocycles. The molecule has 9 N–H and O–H groups in total. The molecule has 11 atom stereocenters. The van der Waals surface area contributed by atoms with E-state index >= 15 is 0 Å². The average molecular weight is 1350 g/mol. The minimum Gasteiger partial charge on any atom is -0.507 e. The highest BCUT2D eigenvalue weighted by atomic mass is 16.7. The van der Waals surface area contributed by atoms with Gasteiger partial charge in [0.05, 0.1) is 60.3 Å². The third-order valence-corrected chi connectivity index (χ3v) is 17.9. The Labute approximate surface area is 562 Å². The van der Waals surface area contributed by atoms with Gasteiger partial charge in [0.25, 0.3) is 0 Å². The second-order valence-electron chi connectivity index (χ2n) is 25.9. The molecular weight excluding hydrogens is 1260 g/mol. The number of aliphatic hydroxyl groups excluding tert-OH is 2. The number of aliphatic hydroxyl groups is 3. The van der Waals surface area contributed by atoms with Crippen LogP contribution in [0.15, 0.2) is 55.1 Å². The van der Waals surface area contributed by atoms with Crippen molar-refractivity contribution in [1.29, 1.82) is 0 Å². The van der Waals surface area contributed by atoms with E-state index < -0.39 is 192 Å². The third-order valence-electron chi connectivity index (χ3n) is 17.9. The van der Waals surface area contributed by atoms with Crippen LogP contribution >= 0.6 is 0 Å². The molecule has 6 rings (SSSR count). The lowest BCUT2D eigenvalue weighted by Crippen LogP contribution is -2.56. The maximum absolute atomic E-state index is 14.2. The Morgan fingerprint density at radius 1 is 0.784 bits per heavy atom. The average Bonchev–Trinajstić information content (AvgIpc) is 0.712. The molecule has 1 aliphatic heterocycles. The van der Waals surface area contributed by atoms with Gasteiger partial charge in [0, 0.05) is 85.5 Å². The maximum Gasteiger partial charge on any atom is 0.407 e. The first kappa shape index (κ1) is 77.3. The summed E-state index contributed by atoms with van der Waals surface area (Å²) in [5.74, 6) is -12.9. The number of hydrogen-bond donors (Lipinski definition) is 9. The molecule has 1 saturated heterocycles. The molecule has 0 spiro atoms. The van der Waals surface area contributed by atoms with Crippen molar-refractivity contribution in [2.45, 2.75) is 200 Å². The number of Topliss-reactive ketones (excluding diaryl/α,β-unsaturated/α-hetero) is 6. The number of rotatable bonds is 36. The van der Waals surface area contributed by atoms with Crippen molar-refractivity contribution in [3.05, 3.63) is 105 Å². The molecule has 3 aliphatic rings. The highest BCUT2D eigenvalue weighted by molar-refractivity contribution is 6.31.